The number of hydrogen-bond donors (Lipinski definition) is 2. The molecule has 15 heavy (non-hydrogen) atoms. The quantitative estimate of drug-likeness (QED) is 0.738. The molecule has 0 saturated carbocycles. The Balaban J connectivity index is 2.41. The summed E-state index contributed by atoms with van der Waals surface area (Å²) in [5.74, 6) is 0.441. The van der Waals surface area contributed by atoms with Gasteiger partial charge in [-0.15, -0.1) is 0 Å². The molecule has 2 N–H and O–H groups in total. The maximum absolute atomic E-state index is 9.14. The van der Waals surface area contributed by atoms with Crippen LogP contribution in [0.25, 0.3) is 0 Å². The fraction of sp³-hybridized carbons (Fsp3) is 0.727. The summed E-state index contributed by atoms with van der Waals surface area (Å²) < 4.78 is 1.90. The minimum absolute atomic E-state index is 0.162. The van der Waals surface area contributed by atoms with Crippen molar-refractivity contribution in [1.29, 1.82) is 0 Å². The van der Waals surface area contributed by atoms with E-state index in [0.29, 0.717) is 5.92 Å². The van der Waals surface area contributed by atoms with Crippen molar-refractivity contribution in [3.8, 4) is 0 Å². The van der Waals surface area contributed by atoms with Crippen LogP contribution < -0.4 is 5.32 Å². The van der Waals surface area contributed by atoms with Gasteiger partial charge in [-0.3, -0.25) is 4.68 Å². The molecule has 0 aliphatic rings. The van der Waals surface area contributed by atoms with E-state index in [1.807, 2.05) is 17.1 Å². The van der Waals surface area contributed by atoms with Crippen LogP contribution >= 0.6 is 0 Å². The molecule has 0 fully saturated rings. The molecular formula is C11H21N3O. The fourth-order valence-electron chi connectivity index (χ4n) is 1.43. The molecule has 4 heteroatoms. The summed E-state index contributed by atoms with van der Waals surface area (Å²) in [7, 11) is 0. The Morgan fingerprint density at radius 2 is 2.27 bits per heavy atom. The molecule has 0 amide bonds. The number of aryl methyl sites for hydroxylation is 1. The summed E-state index contributed by atoms with van der Waals surface area (Å²) in [4.78, 5) is 0. The van der Waals surface area contributed by atoms with E-state index in [9.17, 15) is 0 Å². The van der Waals surface area contributed by atoms with Crippen LogP contribution in [-0.2, 0) is 13.1 Å². The van der Waals surface area contributed by atoms with Gasteiger partial charge in [-0.05, 0) is 12.8 Å². The number of nitrogens with one attached hydrogen (secondary N) is 1. The van der Waals surface area contributed by atoms with Gasteiger partial charge in [0.15, 0.2) is 0 Å². The molecule has 0 radical (unpaired) electrons. The number of aliphatic hydroxyl groups is 1. The predicted molar refractivity (Wildman–Crippen MR) is 60.5 cm³/mol. The topological polar surface area (TPSA) is 50.1 Å². The standard InChI is InChI=1S/C11H21N3O/c1-4-14-7-10(6-13-14)5-12-11(8-15)9(2)3/h6-7,9,11-12,15H,4-5,8H2,1-3H3/t11-/m1/s1. The van der Waals surface area contributed by atoms with Gasteiger partial charge in [-0.25, -0.2) is 0 Å². The summed E-state index contributed by atoms with van der Waals surface area (Å²) in [6, 6.07) is 0.162. The highest BCUT2D eigenvalue weighted by atomic mass is 16.3. The summed E-state index contributed by atoms with van der Waals surface area (Å²) in [6.45, 7) is 8.11. The van der Waals surface area contributed by atoms with Gasteiger partial charge in [0.2, 0.25) is 0 Å². The van der Waals surface area contributed by atoms with Crippen molar-refractivity contribution >= 4 is 0 Å². The molecule has 1 atom stereocenters. The van der Waals surface area contributed by atoms with Crippen molar-refractivity contribution in [1.82, 2.24) is 15.1 Å². The van der Waals surface area contributed by atoms with Crippen molar-refractivity contribution in [3.63, 3.8) is 0 Å². The second-order valence-electron chi connectivity index (χ2n) is 4.12. The Bertz CT molecular complexity index is 283. The molecule has 0 aliphatic heterocycles. The zero-order valence-corrected chi connectivity index (χ0v) is 9.77. The first kappa shape index (κ1) is 12.2. The smallest absolute Gasteiger partial charge is 0.0587 e. The zero-order valence-electron chi connectivity index (χ0n) is 9.77. The summed E-state index contributed by atoms with van der Waals surface area (Å²) in [6.07, 6.45) is 3.90. The number of aromatic nitrogens is 2. The monoisotopic (exact) mass is 211 g/mol. The highest BCUT2D eigenvalue weighted by Gasteiger charge is 2.11. The first-order valence-electron chi connectivity index (χ1n) is 5.53. The molecule has 1 aromatic heterocycles. The van der Waals surface area contributed by atoms with Gasteiger partial charge in [0.25, 0.3) is 0 Å². The van der Waals surface area contributed by atoms with E-state index in [4.69, 9.17) is 5.11 Å². The van der Waals surface area contributed by atoms with Gasteiger partial charge in [-0.2, -0.15) is 5.10 Å². The van der Waals surface area contributed by atoms with Crippen LogP contribution in [0.15, 0.2) is 12.4 Å². The van der Waals surface area contributed by atoms with Gasteiger partial charge in [0.05, 0.1) is 12.8 Å². The number of nitrogens with zero attached hydrogens (tertiary/aromatic N) is 2. The van der Waals surface area contributed by atoms with E-state index < -0.39 is 0 Å². The van der Waals surface area contributed by atoms with Gasteiger partial charge in [0.1, 0.15) is 0 Å². The predicted octanol–water partition coefficient (Wildman–Crippen LogP) is 1.01. The Morgan fingerprint density at radius 3 is 2.73 bits per heavy atom. The molecular weight excluding hydrogens is 190 g/mol. The maximum Gasteiger partial charge on any atom is 0.0587 e. The second-order valence-corrected chi connectivity index (χ2v) is 4.12. The van der Waals surface area contributed by atoms with E-state index in [0.717, 1.165) is 18.7 Å². The van der Waals surface area contributed by atoms with Crippen LogP contribution in [0.2, 0.25) is 0 Å². The average Bonchev–Trinajstić information content (AvgIpc) is 2.66. The van der Waals surface area contributed by atoms with E-state index in [2.05, 4.69) is 31.2 Å². The summed E-state index contributed by atoms with van der Waals surface area (Å²) >= 11 is 0. The second kappa shape index (κ2) is 5.88. The first-order valence-corrected chi connectivity index (χ1v) is 5.53. The van der Waals surface area contributed by atoms with Gasteiger partial charge < -0.3 is 10.4 Å². The molecule has 1 heterocycles. The van der Waals surface area contributed by atoms with E-state index >= 15 is 0 Å². The van der Waals surface area contributed by atoms with E-state index in [1.165, 1.54) is 0 Å². The summed E-state index contributed by atoms with van der Waals surface area (Å²) in [5.41, 5.74) is 1.16. The Kier molecular flexibility index (Phi) is 4.78. The molecule has 0 aliphatic carbocycles. The van der Waals surface area contributed by atoms with Crippen LogP contribution in [0.5, 0.6) is 0 Å². The van der Waals surface area contributed by atoms with Crippen LogP contribution in [0, 0.1) is 5.92 Å². The SMILES string of the molecule is CCn1cc(CN[C@H](CO)C(C)C)cn1. The largest absolute Gasteiger partial charge is 0.395 e. The lowest BCUT2D eigenvalue weighted by Crippen LogP contribution is -2.36. The molecule has 0 spiro atoms. The van der Waals surface area contributed by atoms with E-state index in [-0.39, 0.29) is 12.6 Å². The van der Waals surface area contributed by atoms with Gasteiger partial charge >= 0.3 is 0 Å². The average molecular weight is 211 g/mol. The zero-order chi connectivity index (χ0) is 11.3. The van der Waals surface area contributed by atoms with Crippen molar-refractivity contribution < 1.29 is 5.11 Å². The molecule has 1 rings (SSSR count). The molecule has 0 bridgehead atoms. The van der Waals surface area contributed by atoms with Crippen molar-refractivity contribution in [2.75, 3.05) is 6.61 Å². The van der Waals surface area contributed by atoms with Gasteiger partial charge in [0, 0.05) is 30.9 Å². The number of aliphatic hydroxyl groups excluding tert-OH is 1. The lowest BCUT2D eigenvalue weighted by molar-refractivity contribution is 0.210. The van der Waals surface area contributed by atoms with Crippen LogP contribution in [-0.4, -0.2) is 27.5 Å². The fourth-order valence-corrected chi connectivity index (χ4v) is 1.43. The Hall–Kier alpha value is -0.870. The lowest BCUT2D eigenvalue weighted by atomic mass is 10.1. The van der Waals surface area contributed by atoms with Crippen molar-refractivity contribution in [3.05, 3.63) is 18.0 Å². The molecule has 1 aromatic rings. The maximum atomic E-state index is 9.14. The number of rotatable bonds is 6. The highest BCUT2D eigenvalue weighted by molar-refractivity contribution is 5.03. The van der Waals surface area contributed by atoms with Crippen LogP contribution in [0.3, 0.4) is 0 Å². The van der Waals surface area contributed by atoms with Crippen molar-refractivity contribution in [2.24, 2.45) is 5.92 Å². The van der Waals surface area contributed by atoms with Gasteiger partial charge in [-0.1, -0.05) is 13.8 Å². The normalized spacial score (nSPS) is 13.4. The third-order valence-electron chi connectivity index (χ3n) is 2.58. The molecule has 86 valence electrons. The highest BCUT2D eigenvalue weighted by Crippen LogP contribution is 2.03. The molecule has 0 unspecified atom stereocenters. The minimum Gasteiger partial charge on any atom is -0.395 e. The third-order valence-corrected chi connectivity index (χ3v) is 2.58. The number of hydrogen-bond acceptors (Lipinski definition) is 3. The van der Waals surface area contributed by atoms with Crippen LogP contribution in [0.4, 0.5) is 0 Å². The third kappa shape index (κ3) is 3.64. The lowest BCUT2D eigenvalue weighted by Gasteiger charge is -2.19. The minimum atomic E-state index is 0.162. The van der Waals surface area contributed by atoms with Crippen LogP contribution in [0.1, 0.15) is 26.3 Å². The molecule has 0 saturated heterocycles. The van der Waals surface area contributed by atoms with E-state index in [1.54, 1.807) is 0 Å². The Morgan fingerprint density at radius 1 is 1.53 bits per heavy atom. The molecule has 0 aromatic carbocycles. The summed E-state index contributed by atoms with van der Waals surface area (Å²) in [5, 5.41) is 16.7. The molecule has 4 nitrogen and oxygen atoms in total. The Labute approximate surface area is 91.3 Å². The van der Waals surface area contributed by atoms with Crippen molar-refractivity contribution in [2.45, 2.75) is 39.9 Å². The first-order chi connectivity index (χ1) is 7.17.